The first-order valence-electron chi connectivity index (χ1n) is 8.35. The summed E-state index contributed by atoms with van der Waals surface area (Å²) in [5.74, 6) is -0.963. The van der Waals surface area contributed by atoms with Crippen molar-refractivity contribution in [2.45, 2.75) is 32.2 Å². The van der Waals surface area contributed by atoms with E-state index < -0.39 is 12.0 Å². The van der Waals surface area contributed by atoms with Crippen LogP contribution in [0.25, 0.3) is 10.8 Å². The molecule has 1 aliphatic heterocycles. The number of aliphatic carboxylic acids is 1. The number of fused-ring (bicyclic) bond motifs is 1. The molecule has 3 rings (SSSR count). The zero-order chi connectivity index (χ0) is 18.1. The van der Waals surface area contributed by atoms with Crippen molar-refractivity contribution in [1.82, 2.24) is 14.7 Å². The molecule has 0 radical (unpaired) electrons. The Morgan fingerprint density at radius 3 is 2.64 bits per heavy atom. The van der Waals surface area contributed by atoms with Crippen LogP contribution in [0.5, 0.6) is 0 Å². The van der Waals surface area contributed by atoms with E-state index in [1.807, 2.05) is 6.92 Å². The van der Waals surface area contributed by atoms with Gasteiger partial charge in [-0.1, -0.05) is 25.1 Å². The van der Waals surface area contributed by atoms with Crippen molar-refractivity contribution in [2.75, 3.05) is 6.54 Å². The molecule has 1 aromatic heterocycles. The van der Waals surface area contributed by atoms with Gasteiger partial charge in [-0.25, -0.2) is 9.48 Å². The lowest BCUT2D eigenvalue weighted by atomic mass is 9.92. The number of carbonyl (C=O) groups is 2. The normalized spacial score (nSPS) is 20.6. The smallest absolute Gasteiger partial charge is 0.326 e. The van der Waals surface area contributed by atoms with Crippen LogP contribution in [-0.2, 0) is 23.1 Å². The number of amides is 1. The van der Waals surface area contributed by atoms with Gasteiger partial charge in [-0.3, -0.25) is 9.59 Å². The minimum Gasteiger partial charge on any atom is -0.480 e. The van der Waals surface area contributed by atoms with Gasteiger partial charge in [0.1, 0.15) is 6.04 Å². The molecule has 0 aliphatic carbocycles. The predicted octanol–water partition coefficient (Wildman–Crippen LogP) is 1.19. The van der Waals surface area contributed by atoms with Crippen LogP contribution in [0.3, 0.4) is 0 Å². The maximum absolute atomic E-state index is 12.8. The number of benzene rings is 1. The molecule has 2 atom stereocenters. The number of aromatic nitrogens is 2. The summed E-state index contributed by atoms with van der Waals surface area (Å²) in [6.07, 6.45) is 1.23. The Morgan fingerprint density at radius 1 is 1.28 bits per heavy atom. The van der Waals surface area contributed by atoms with Gasteiger partial charge in [-0.05, 0) is 24.8 Å². The van der Waals surface area contributed by atoms with Crippen LogP contribution in [0.15, 0.2) is 29.1 Å². The third kappa shape index (κ3) is 3.26. The number of carboxylic acids is 1. The second-order valence-corrected chi connectivity index (χ2v) is 6.67. The Morgan fingerprint density at radius 2 is 1.96 bits per heavy atom. The Hall–Kier alpha value is -2.70. The van der Waals surface area contributed by atoms with Gasteiger partial charge in [-0.15, -0.1) is 0 Å². The van der Waals surface area contributed by atoms with E-state index in [9.17, 15) is 19.5 Å². The molecule has 0 saturated carbocycles. The maximum atomic E-state index is 12.8. The Balaban J connectivity index is 1.93. The van der Waals surface area contributed by atoms with E-state index in [-0.39, 0.29) is 23.8 Å². The third-order valence-corrected chi connectivity index (χ3v) is 4.82. The number of rotatable bonds is 3. The zero-order valence-electron chi connectivity index (χ0n) is 14.3. The molecule has 132 valence electrons. The molecule has 1 saturated heterocycles. The van der Waals surface area contributed by atoms with Gasteiger partial charge in [0.15, 0.2) is 0 Å². The summed E-state index contributed by atoms with van der Waals surface area (Å²) in [6.45, 7) is 2.43. The van der Waals surface area contributed by atoms with E-state index in [0.717, 1.165) is 6.42 Å². The molecule has 2 aromatic rings. The molecule has 7 heteroatoms. The second-order valence-electron chi connectivity index (χ2n) is 6.67. The fraction of sp³-hybridized carbons (Fsp3) is 0.444. The van der Waals surface area contributed by atoms with Gasteiger partial charge >= 0.3 is 5.97 Å². The molecule has 7 nitrogen and oxygen atoms in total. The highest BCUT2D eigenvalue weighted by Gasteiger charge is 2.34. The van der Waals surface area contributed by atoms with Gasteiger partial charge in [0.25, 0.3) is 5.56 Å². The van der Waals surface area contributed by atoms with Gasteiger partial charge in [0.2, 0.25) is 5.91 Å². The fourth-order valence-electron chi connectivity index (χ4n) is 3.43. The lowest BCUT2D eigenvalue weighted by Crippen LogP contribution is -2.50. The number of carbonyl (C=O) groups excluding carboxylic acids is 1. The molecule has 2 heterocycles. The largest absolute Gasteiger partial charge is 0.480 e. The number of hydrogen-bond donors (Lipinski definition) is 1. The number of nitrogens with zero attached hydrogens (tertiary/aromatic N) is 3. The lowest BCUT2D eigenvalue weighted by Gasteiger charge is -2.36. The summed E-state index contributed by atoms with van der Waals surface area (Å²) in [6, 6.07) is 6.23. The molecular weight excluding hydrogens is 322 g/mol. The first-order chi connectivity index (χ1) is 11.9. The van der Waals surface area contributed by atoms with Gasteiger partial charge < -0.3 is 10.0 Å². The van der Waals surface area contributed by atoms with Crippen molar-refractivity contribution >= 4 is 22.6 Å². The van der Waals surface area contributed by atoms with Crippen molar-refractivity contribution < 1.29 is 14.7 Å². The van der Waals surface area contributed by atoms with Gasteiger partial charge in [0, 0.05) is 19.0 Å². The third-order valence-electron chi connectivity index (χ3n) is 4.82. The van der Waals surface area contributed by atoms with Crippen LogP contribution in [0.1, 0.15) is 25.5 Å². The maximum Gasteiger partial charge on any atom is 0.326 e. The van der Waals surface area contributed by atoms with E-state index in [4.69, 9.17) is 0 Å². The van der Waals surface area contributed by atoms with E-state index in [0.29, 0.717) is 29.4 Å². The number of hydrogen-bond acceptors (Lipinski definition) is 4. The summed E-state index contributed by atoms with van der Waals surface area (Å²) in [5.41, 5.74) is 0.271. The molecule has 0 spiro atoms. The van der Waals surface area contributed by atoms with E-state index in [1.54, 1.807) is 31.3 Å². The van der Waals surface area contributed by atoms with Crippen LogP contribution in [0.2, 0.25) is 0 Å². The first kappa shape index (κ1) is 17.1. The average Bonchev–Trinajstić information content (AvgIpc) is 2.59. The lowest BCUT2D eigenvalue weighted by molar-refractivity contribution is -0.152. The van der Waals surface area contributed by atoms with Crippen LogP contribution < -0.4 is 5.56 Å². The SMILES string of the molecule is CC1CCN(C(=O)Cc2nn(C)c(=O)c3ccccc23)C(C(=O)O)C1. The molecular formula is C18H21N3O4. The number of carboxylic acid groups (broad SMARTS) is 1. The van der Waals surface area contributed by atoms with Crippen molar-refractivity contribution in [3.63, 3.8) is 0 Å². The number of aryl methyl sites for hydroxylation is 1. The minimum absolute atomic E-state index is 0.0210. The van der Waals surface area contributed by atoms with Crippen LogP contribution in [-0.4, -0.2) is 44.3 Å². The van der Waals surface area contributed by atoms with Crippen molar-refractivity contribution in [3.8, 4) is 0 Å². The van der Waals surface area contributed by atoms with Crippen molar-refractivity contribution in [3.05, 3.63) is 40.3 Å². The minimum atomic E-state index is -0.974. The molecule has 25 heavy (non-hydrogen) atoms. The average molecular weight is 343 g/mol. The number of piperidine rings is 1. The summed E-state index contributed by atoms with van der Waals surface area (Å²) >= 11 is 0. The van der Waals surface area contributed by atoms with Gasteiger partial charge in [0.05, 0.1) is 17.5 Å². The van der Waals surface area contributed by atoms with Gasteiger partial charge in [-0.2, -0.15) is 5.10 Å². The van der Waals surface area contributed by atoms with Crippen molar-refractivity contribution in [1.29, 1.82) is 0 Å². The molecule has 0 bridgehead atoms. The molecule has 1 amide bonds. The zero-order valence-corrected chi connectivity index (χ0v) is 14.3. The fourth-order valence-corrected chi connectivity index (χ4v) is 3.43. The van der Waals surface area contributed by atoms with Crippen molar-refractivity contribution in [2.24, 2.45) is 13.0 Å². The highest BCUT2D eigenvalue weighted by Crippen LogP contribution is 2.24. The molecule has 1 fully saturated rings. The predicted molar refractivity (Wildman–Crippen MR) is 92.2 cm³/mol. The van der Waals surface area contributed by atoms with E-state index in [2.05, 4.69) is 5.10 Å². The molecule has 1 aliphatic rings. The molecule has 2 unspecified atom stereocenters. The highest BCUT2D eigenvalue weighted by molar-refractivity contribution is 5.90. The van der Waals surface area contributed by atoms with Crippen LogP contribution >= 0.6 is 0 Å². The Bertz CT molecular complexity index is 890. The topological polar surface area (TPSA) is 92.5 Å². The first-order valence-corrected chi connectivity index (χ1v) is 8.35. The standard InChI is InChI=1S/C18H21N3O4/c1-11-7-8-21(15(9-11)18(24)25)16(22)10-14-12-5-3-4-6-13(12)17(23)20(2)19-14/h3-6,11,15H,7-10H2,1-2H3,(H,24,25). The summed E-state index contributed by atoms with van der Waals surface area (Å²) in [7, 11) is 1.55. The Kier molecular flexibility index (Phi) is 4.57. The molecule has 1 aromatic carbocycles. The second kappa shape index (κ2) is 6.66. The quantitative estimate of drug-likeness (QED) is 0.904. The highest BCUT2D eigenvalue weighted by atomic mass is 16.4. The van der Waals surface area contributed by atoms with Crippen LogP contribution in [0, 0.1) is 5.92 Å². The summed E-state index contributed by atoms with van der Waals surface area (Å²) in [4.78, 5) is 37.9. The van der Waals surface area contributed by atoms with Crippen LogP contribution in [0.4, 0.5) is 0 Å². The monoisotopic (exact) mass is 343 g/mol. The van der Waals surface area contributed by atoms with E-state index >= 15 is 0 Å². The summed E-state index contributed by atoms with van der Waals surface area (Å²) in [5, 5.41) is 14.8. The van der Waals surface area contributed by atoms with E-state index in [1.165, 1.54) is 9.58 Å². The molecule has 1 N–H and O–H groups in total. The summed E-state index contributed by atoms with van der Waals surface area (Å²) < 4.78 is 1.22. The Labute approximate surface area is 144 Å². The number of likely N-dealkylation sites (tertiary alicyclic amines) is 1.